The molecule has 0 radical (unpaired) electrons. The number of fused-ring (bicyclic) bond motifs is 1. The summed E-state index contributed by atoms with van der Waals surface area (Å²) in [6, 6.07) is 0. The summed E-state index contributed by atoms with van der Waals surface area (Å²) >= 11 is 0. The molecule has 2 heterocycles. The SMILES string of the molecule is COc1nc(C)cn2cc([N+](=O)[O-])nc12. The lowest BCUT2D eigenvalue weighted by Crippen LogP contribution is -1.95. The molecule has 2 aromatic heterocycles. The van der Waals surface area contributed by atoms with E-state index >= 15 is 0 Å². The van der Waals surface area contributed by atoms with E-state index in [9.17, 15) is 10.1 Å². The van der Waals surface area contributed by atoms with Crippen molar-refractivity contribution in [3.8, 4) is 5.88 Å². The minimum absolute atomic E-state index is 0.222. The van der Waals surface area contributed by atoms with Gasteiger partial charge in [0.05, 0.1) is 12.8 Å². The molecular formula is C8H8N4O3. The molecule has 0 aromatic carbocycles. The third kappa shape index (κ3) is 1.47. The van der Waals surface area contributed by atoms with Crippen molar-refractivity contribution in [2.45, 2.75) is 6.92 Å². The van der Waals surface area contributed by atoms with E-state index in [-0.39, 0.29) is 11.7 Å². The van der Waals surface area contributed by atoms with Gasteiger partial charge < -0.3 is 14.9 Å². The van der Waals surface area contributed by atoms with Crippen molar-refractivity contribution in [3.63, 3.8) is 0 Å². The van der Waals surface area contributed by atoms with Crippen molar-refractivity contribution >= 4 is 11.5 Å². The van der Waals surface area contributed by atoms with Gasteiger partial charge in [-0.3, -0.25) is 4.40 Å². The molecule has 7 nitrogen and oxygen atoms in total. The fourth-order valence-electron chi connectivity index (χ4n) is 1.30. The number of rotatable bonds is 2. The third-order valence-corrected chi connectivity index (χ3v) is 1.90. The maximum absolute atomic E-state index is 10.5. The van der Waals surface area contributed by atoms with Crippen LogP contribution in [0, 0.1) is 17.0 Å². The fraction of sp³-hybridized carbons (Fsp3) is 0.250. The number of hydrogen-bond acceptors (Lipinski definition) is 5. The maximum Gasteiger partial charge on any atom is 0.382 e. The number of aromatic nitrogens is 3. The minimum Gasteiger partial charge on any atom is -0.477 e. The molecule has 0 saturated carbocycles. The molecule has 0 spiro atoms. The topological polar surface area (TPSA) is 82.6 Å². The summed E-state index contributed by atoms with van der Waals surface area (Å²) in [5.41, 5.74) is 1.04. The van der Waals surface area contributed by atoms with Crippen molar-refractivity contribution < 1.29 is 9.66 Å². The molecule has 0 N–H and O–H groups in total. The van der Waals surface area contributed by atoms with E-state index in [0.717, 1.165) is 0 Å². The minimum atomic E-state index is -0.554. The van der Waals surface area contributed by atoms with Crippen LogP contribution in [0.3, 0.4) is 0 Å². The van der Waals surface area contributed by atoms with Crippen LogP contribution >= 0.6 is 0 Å². The van der Waals surface area contributed by atoms with Crippen LogP contribution in [0.2, 0.25) is 0 Å². The van der Waals surface area contributed by atoms with Crippen LogP contribution in [0.15, 0.2) is 12.4 Å². The molecule has 0 bridgehead atoms. The Morgan fingerprint density at radius 2 is 2.20 bits per heavy atom. The summed E-state index contributed by atoms with van der Waals surface area (Å²) in [4.78, 5) is 17.8. The zero-order valence-corrected chi connectivity index (χ0v) is 8.17. The summed E-state index contributed by atoms with van der Waals surface area (Å²) in [7, 11) is 1.45. The second-order valence-electron chi connectivity index (χ2n) is 2.98. The van der Waals surface area contributed by atoms with Gasteiger partial charge in [-0.2, -0.15) is 0 Å². The monoisotopic (exact) mass is 208 g/mol. The first-order valence-corrected chi connectivity index (χ1v) is 4.16. The number of imidazole rings is 1. The molecule has 15 heavy (non-hydrogen) atoms. The fourth-order valence-corrected chi connectivity index (χ4v) is 1.30. The van der Waals surface area contributed by atoms with Crippen molar-refractivity contribution in [1.82, 2.24) is 14.4 Å². The van der Waals surface area contributed by atoms with E-state index in [1.165, 1.54) is 17.7 Å². The summed E-state index contributed by atoms with van der Waals surface area (Å²) < 4.78 is 6.51. The predicted molar refractivity (Wildman–Crippen MR) is 50.9 cm³/mol. The Balaban J connectivity index is 2.74. The molecule has 0 amide bonds. The Morgan fingerprint density at radius 3 is 2.80 bits per heavy atom. The third-order valence-electron chi connectivity index (χ3n) is 1.90. The van der Waals surface area contributed by atoms with Crippen molar-refractivity contribution in [1.29, 1.82) is 0 Å². The van der Waals surface area contributed by atoms with Gasteiger partial charge in [-0.05, 0) is 16.8 Å². The van der Waals surface area contributed by atoms with E-state index in [2.05, 4.69) is 9.97 Å². The zero-order chi connectivity index (χ0) is 11.0. The molecule has 78 valence electrons. The number of hydrogen-bond donors (Lipinski definition) is 0. The largest absolute Gasteiger partial charge is 0.477 e. The van der Waals surface area contributed by atoms with Crippen LogP contribution in [0.1, 0.15) is 5.69 Å². The quantitative estimate of drug-likeness (QED) is 0.542. The first-order valence-electron chi connectivity index (χ1n) is 4.16. The van der Waals surface area contributed by atoms with E-state index in [0.29, 0.717) is 11.3 Å². The van der Waals surface area contributed by atoms with Gasteiger partial charge in [0.2, 0.25) is 0 Å². The maximum atomic E-state index is 10.5. The van der Waals surface area contributed by atoms with Crippen LogP contribution in [0.5, 0.6) is 5.88 Å². The number of methoxy groups -OCH3 is 1. The van der Waals surface area contributed by atoms with Crippen molar-refractivity contribution in [2.24, 2.45) is 0 Å². The predicted octanol–water partition coefficient (Wildman–Crippen LogP) is 0.955. The van der Waals surface area contributed by atoms with Crippen molar-refractivity contribution in [3.05, 3.63) is 28.2 Å². The Kier molecular flexibility index (Phi) is 2.00. The first kappa shape index (κ1) is 9.38. The molecule has 0 aliphatic rings. The van der Waals surface area contributed by atoms with E-state index in [1.54, 1.807) is 13.1 Å². The van der Waals surface area contributed by atoms with Gasteiger partial charge in [-0.15, -0.1) is 0 Å². The van der Waals surface area contributed by atoms with Crippen molar-refractivity contribution in [2.75, 3.05) is 7.11 Å². The van der Waals surface area contributed by atoms with Crippen LogP contribution in [0.25, 0.3) is 5.65 Å². The van der Waals surface area contributed by atoms with Crippen LogP contribution < -0.4 is 4.74 Å². The highest BCUT2D eigenvalue weighted by Crippen LogP contribution is 2.19. The van der Waals surface area contributed by atoms with E-state index in [1.807, 2.05) is 0 Å². The van der Waals surface area contributed by atoms with Gasteiger partial charge >= 0.3 is 11.5 Å². The lowest BCUT2D eigenvalue weighted by atomic mass is 10.5. The summed E-state index contributed by atoms with van der Waals surface area (Å²) in [5.74, 6) is 0.0591. The second-order valence-corrected chi connectivity index (χ2v) is 2.98. The molecule has 2 aromatic rings. The number of nitrogens with zero attached hydrogens (tertiary/aromatic N) is 4. The Bertz CT molecular complexity index is 534. The highest BCUT2D eigenvalue weighted by molar-refractivity contribution is 5.53. The van der Waals surface area contributed by atoms with Crippen LogP contribution in [-0.2, 0) is 0 Å². The molecule has 0 aliphatic carbocycles. The summed E-state index contributed by atoms with van der Waals surface area (Å²) in [5, 5.41) is 10.5. The van der Waals surface area contributed by atoms with Gasteiger partial charge in [-0.25, -0.2) is 4.98 Å². The average molecular weight is 208 g/mol. The average Bonchev–Trinajstić information content (AvgIpc) is 2.59. The summed E-state index contributed by atoms with van der Waals surface area (Å²) in [6.07, 6.45) is 2.98. The molecule has 2 rings (SSSR count). The smallest absolute Gasteiger partial charge is 0.382 e. The molecule has 0 aliphatic heterocycles. The second kappa shape index (κ2) is 3.19. The highest BCUT2D eigenvalue weighted by atomic mass is 16.6. The first-order chi connectivity index (χ1) is 7.11. The Hall–Kier alpha value is -2.18. The molecule has 7 heteroatoms. The highest BCUT2D eigenvalue weighted by Gasteiger charge is 2.18. The van der Waals surface area contributed by atoms with Gasteiger partial charge in [0.15, 0.2) is 0 Å². The Morgan fingerprint density at radius 1 is 1.47 bits per heavy atom. The molecule has 0 fully saturated rings. The zero-order valence-electron chi connectivity index (χ0n) is 8.17. The van der Waals surface area contributed by atoms with Gasteiger partial charge in [-0.1, -0.05) is 0 Å². The normalized spacial score (nSPS) is 10.5. The number of nitro groups is 1. The Labute approximate surface area is 84.5 Å². The van der Waals surface area contributed by atoms with Crippen LogP contribution in [0.4, 0.5) is 5.82 Å². The van der Waals surface area contributed by atoms with E-state index < -0.39 is 4.92 Å². The molecule has 0 atom stereocenters. The lowest BCUT2D eigenvalue weighted by Gasteiger charge is -1.98. The van der Waals surface area contributed by atoms with Gasteiger partial charge in [0.1, 0.15) is 6.20 Å². The molecular weight excluding hydrogens is 200 g/mol. The number of ether oxygens (including phenoxy) is 1. The molecule has 0 saturated heterocycles. The van der Waals surface area contributed by atoms with Crippen LogP contribution in [-0.4, -0.2) is 26.4 Å². The summed E-state index contributed by atoms with van der Waals surface area (Å²) in [6.45, 7) is 1.77. The van der Waals surface area contributed by atoms with Gasteiger partial charge in [0.25, 0.3) is 5.88 Å². The number of aryl methyl sites for hydroxylation is 1. The standard InChI is InChI=1S/C8H8N4O3/c1-5-3-11-4-6(12(13)14)10-7(11)8(9-5)15-2/h3-4H,1-2H3. The van der Waals surface area contributed by atoms with Gasteiger partial charge in [0, 0.05) is 6.20 Å². The molecule has 0 unspecified atom stereocenters. The van der Waals surface area contributed by atoms with E-state index in [4.69, 9.17) is 4.74 Å². The lowest BCUT2D eigenvalue weighted by molar-refractivity contribution is -0.389.